The zero-order valence-electron chi connectivity index (χ0n) is 8.09. The van der Waals surface area contributed by atoms with Crippen LogP contribution in [0.2, 0.25) is 0 Å². The molecular weight excluding hydrogens is 240 g/mol. The lowest BCUT2D eigenvalue weighted by molar-refractivity contribution is 0.547. The van der Waals surface area contributed by atoms with Crippen LogP contribution in [0.3, 0.4) is 0 Å². The van der Waals surface area contributed by atoms with E-state index in [4.69, 9.17) is 0 Å². The molecule has 1 saturated heterocycles. The normalized spacial score (nSPS) is 21.4. The summed E-state index contributed by atoms with van der Waals surface area (Å²) >= 11 is 3.48. The molecule has 2 N–H and O–H groups in total. The van der Waals surface area contributed by atoms with Crippen molar-refractivity contribution in [3.63, 3.8) is 0 Å². The Kier molecular flexibility index (Phi) is 3.56. The van der Waals surface area contributed by atoms with Gasteiger partial charge in [0, 0.05) is 23.6 Å². The van der Waals surface area contributed by atoms with Crippen LogP contribution in [-0.4, -0.2) is 19.1 Å². The summed E-state index contributed by atoms with van der Waals surface area (Å²) in [7, 11) is 0. The zero-order chi connectivity index (χ0) is 9.80. The van der Waals surface area contributed by atoms with Gasteiger partial charge in [-0.25, -0.2) is 0 Å². The van der Waals surface area contributed by atoms with Crippen molar-refractivity contribution < 1.29 is 0 Å². The van der Waals surface area contributed by atoms with Crippen molar-refractivity contribution in [1.82, 2.24) is 10.6 Å². The van der Waals surface area contributed by atoms with Gasteiger partial charge in [-0.15, -0.1) is 0 Å². The molecule has 76 valence electrons. The molecule has 1 aliphatic heterocycles. The molecule has 1 aromatic rings. The van der Waals surface area contributed by atoms with E-state index in [9.17, 15) is 0 Å². The van der Waals surface area contributed by atoms with Crippen molar-refractivity contribution in [2.45, 2.75) is 19.0 Å². The van der Waals surface area contributed by atoms with Gasteiger partial charge < -0.3 is 10.6 Å². The number of benzene rings is 1. The van der Waals surface area contributed by atoms with Gasteiger partial charge in [0.1, 0.15) is 0 Å². The van der Waals surface area contributed by atoms with E-state index in [1.54, 1.807) is 0 Å². The van der Waals surface area contributed by atoms with Crippen molar-refractivity contribution >= 4 is 15.9 Å². The minimum atomic E-state index is 0.647. The monoisotopic (exact) mass is 254 g/mol. The summed E-state index contributed by atoms with van der Waals surface area (Å²) in [5, 5.41) is 6.89. The summed E-state index contributed by atoms with van der Waals surface area (Å²) in [6, 6.07) is 9.10. The van der Waals surface area contributed by atoms with Gasteiger partial charge in [-0.1, -0.05) is 28.1 Å². The van der Waals surface area contributed by atoms with Crippen LogP contribution in [0.1, 0.15) is 12.0 Å². The summed E-state index contributed by atoms with van der Waals surface area (Å²) < 4.78 is 1.15. The molecule has 0 radical (unpaired) electrons. The first-order chi connectivity index (χ1) is 6.84. The molecule has 1 heterocycles. The molecule has 14 heavy (non-hydrogen) atoms. The minimum Gasteiger partial charge on any atom is -0.315 e. The van der Waals surface area contributed by atoms with Crippen LogP contribution in [-0.2, 0) is 6.54 Å². The molecule has 1 fully saturated rings. The Bertz CT molecular complexity index is 295. The molecule has 3 heteroatoms. The smallest absolute Gasteiger partial charge is 0.0209 e. The van der Waals surface area contributed by atoms with Gasteiger partial charge in [-0.05, 0) is 30.7 Å². The Balaban J connectivity index is 1.85. The average Bonchev–Trinajstić information content (AvgIpc) is 2.67. The van der Waals surface area contributed by atoms with Crippen LogP contribution in [0.5, 0.6) is 0 Å². The lowest BCUT2D eigenvalue weighted by atomic mass is 10.2. The Labute approximate surface area is 93.2 Å². The zero-order valence-corrected chi connectivity index (χ0v) is 9.68. The van der Waals surface area contributed by atoms with Crippen molar-refractivity contribution in [3.05, 3.63) is 34.3 Å². The molecule has 0 aliphatic carbocycles. The predicted molar refractivity (Wildman–Crippen MR) is 62.3 cm³/mol. The molecule has 0 spiro atoms. The third-order valence-electron chi connectivity index (χ3n) is 2.54. The van der Waals surface area contributed by atoms with Crippen LogP contribution in [0, 0.1) is 0 Å². The van der Waals surface area contributed by atoms with Crippen LogP contribution < -0.4 is 10.6 Å². The van der Waals surface area contributed by atoms with Crippen LogP contribution >= 0.6 is 15.9 Å². The van der Waals surface area contributed by atoms with Gasteiger partial charge in [0.2, 0.25) is 0 Å². The second kappa shape index (κ2) is 4.91. The molecule has 2 rings (SSSR count). The molecule has 0 aromatic heterocycles. The third kappa shape index (κ3) is 2.80. The van der Waals surface area contributed by atoms with E-state index in [2.05, 4.69) is 50.8 Å². The van der Waals surface area contributed by atoms with E-state index in [1.165, 1.54) is 12.0 Å². The molecular formula is C11H15BrN2. The van der Waals surface area contributed by atoms with Crippen molar-refractivity contribution in [2.24, 2.45) is 0 Å². The highest BCUT2D eigenvalue weighted by atomic mass is 79.9. The molecule has 1 aliphatic rings. The molecule has 1 atom stereocenters. The maximum absolute atomic E-state index is 3.54. The Morgan fingerprint density at radius 1 is 1.50 bits per heavy atom. The van der Waals surface area contributed by atoms with Crippen molar-refractivity contribution in [1.29, 1.82) is 0 Å². The Morgan fingerprint density at radius 3 is 3.14 bits per heavy atom. The first-order valence-electron chi connectivity index (χ1n) is 5.03. The summed E-state index contributed by atoms with van der Waals surface area (Å²) in [5.41, 5.74) is 1.34. The van der Waals surface area contributed by atoms with E-state index in [-0.39, 0.29) is 0 Å². The van der Waals surface area contributed by atoms with E-state index >= 15 is 0 Å². The van der Waals surface area contributed by atoms with Crippen molar-refractivity contribution in [3.8, 4) is 0 Å². The molecule has 0 amide bonds. The lowest BCUT2D eigenvalue weighted by Crippen LogP contribution is -2.30. The van der Waals surface area contributed by atoms with Gasteiger partial charge in [-0.3, -0.25) is 0 Å². The maximum Gasteiger partial charge on any atom is 0.0209 e. The number of nitrogens with one attached hydrogen (secondary N) is 2. The number of hydrogen-bond donors (Lipinski definition) is 2. The number of rotatable bonds is 3. The topological polar surface area (TPSA) is 24.1 Å². The Morgan fingerprint density at radius 2 is 2.43 bits per heavy atom. The molecule has 2 nitrogen and oxygen atoms in total. The van der Waals surface area contributed by atoms with Gasteiger partial charge in [-0.2, -0.15) is 0 Å². The van der Waals surface area contributed by atoms with Crippen LogP contribution in [0.15, 0.2) is 28.7 Å². The third-order valence-corrected chi connectivity index (χ3v) is 3.04. The highest BCUT2D eigenvalue weighted by Gasteiger charge is 2.12. The molecule has 1 unspecified atom stereocenters. The van der Waals surface area contributed by atoms with Gasteiger partial charge in [0.25, 0.3) is 0 Å². The summed E-state index contributed by atoms with van der Waals surface area (Å²) in [6.45, 7) is 3.22. The van der Waals surface area contributed by atoms with E-state index < -0.39 is 0 Å². The lowest BCUT2D eigenvalue weighted by Gasteiger charge is -2.10. The fraction of sp³-hybridized carbons (Fsp3) is 0.455. The largest absolute Gasteiger partial charge is 0.315 e. The fourth-order valence-electron chi connectivity index (χ4n) is 1.74. The first kappa shape index (κ1) is 10.1. The minimum absolute atomic E-state index is 0.647. The van der Waals surface area contributed by atoms with E-state index in [0.29, 0.717) is 6.04 Å². The van der Waals surface area contributed by atoms with E-state index in [1.807, 2.05) is 0 Å². The standard InChI is InChI=1S/C11H15BrN2/c12-10-3-1-2-9(6-10)7-14-11-4-5-13-8-11/h1-3,6,11,13-14H,4-5,7-8H2. The SMILES string of the molecule is Brc1cccc(CNC2CCNC2)c1. The van der Waals surface area contributed by atoms with Gasteiger partial charge >= 0.3 is 0 Å². The molecule has 1 aromatic carbocycles. The number of halogens is 1. The predicted octanol–water partition coefficient (Wildman–Crippen LogP) is 1.90. The highest BCUT2D eigenvalue weighted by molar-refractivity contribution is 9.10. The second-order valence-electron chi connectivity index (χ2n) is 3.70. The summed E-state index contributed by atoms with van der Waals surface area (Å²) in [5.74, 6) is 0. The fourth-order valence-corrected chi connectivity index (χ4v) is 2.18. The Hall–Kier alpha value is -0.380. The highest BCUT2D eigenvalue weighted by Crippen LogP contribution is 2.11. The van der Waals surface area contributed by atoms with Crippen LogP contribution in [0.4, 0.5) is 0 Å². The van der Waals surface area contributed by atoms with Crippen LogP contribution in [0.25, 0.3) is 0 Å². The first-order valence-corrected chi connectivity index (χ1v) is 5.82. The van der Waals surface area contributed by atoms with Gasteiger partial charge in [0.15, 0.2) is 0 Å². The second-order valence-corrected chi connectivity index (χ2v) is 4.62. The summed E-state index contributed by atoms with van der Waals surface area (Å²) in [4.78, 5) is 0. The van der Waals surface area contributed by atoms with Crippen molar-refractivity contribution in [2.75, 3.05) is 13.1 Å². The van der Waals surface area contributed by atoms with E-state index in [0.717, 1.165) is 24.1 Å². The molecule has 0 bridgehead atoms. The molecule has 0 saturated carbocycles. The average molecular weight is 255 g/mol. The maximum atomic E-state index is 3.54. The quantitative estimate of drug-likeness (QED) is 0.862. The summed E-state index contributed by atoms with van der Waals surface area (Å²) in [6.07, 6.45) is 1.24. The van der Waals surface area contributed by atoms with Gasteiger partial charge in [0.05, 0.1) is 0 Å². The number of hydrogen-bond acceptors (Lipinski definition) is 2.